The molecule has 0 saturated carbocycles. The van der Waals surface area contributed by atoms with E-state index in [1.54, 1.807) is 17.9 Å². The minimum Gasteiger partial charge on any atom is -0.444 e. The molecular weight excluding hydrogens is 419 g/mol. The minimum absolute atomic E-state index is 0.00379. The smallest absolute Gasteiger partial charge is 0.405 e. The maximum Gasteiger partial charge on any atom is 0.405 e. The fraction of sp³-hybridized carbons (Fsp3) is 0.333. The molecule has 0 radical (unpaired) electrons. The van der Waals surface area contributed by atoms with Crippen LogP contribution < -0.4 is 15.5 Å². The third kappa shape index (κ3) is 4.94. The van der Waals surface area contributed by atoms with Gasteiger partial charge in [0.15, 0.2) is 11.5 Å². The van der Waals surface area contributed by atoms with Crippen LogP contribution in [-0.4, -0.2) is 58.3 Å². The van der Waals surface area contributed by atoms with Crippen molar-refractivity contribution < 1.29 is 27.1 Å². The van der Waals surface area contributed by atoms with Crippen LogP contribution in [-0.2, 0) is 11.8 Å². The number of hydrogen-bond acceptors (Lipinski definition) is 8. The van der Waals surface area contributed by atoms with Crippen LogP contribution in [0, 0.1) is 0 Å². The van der Waals surface area contributed by atoms with Crippen LogP contribution in [0.15, 0.2) is 35.2 Å². The molecule has 31 heavy (non-hydrogen) atoms. The highest BCUT2D eigenvalue weighted by Gasteiger charge is 2.27. The van der Waals surface area contributed by atoms with Gasteiger partial charge < -0.3 is 24.7 Å². The first-order valence-corrected chi connectivity index (χ1v) is 9.19. The van der Waals surface area contributed by atoms with Crippen molar-refractivity contribution in [1.82, 2.24) is 19.7 Å². The number of carbonyl (C=O) groups excluding carboxylic acids is 1. The van der Waals surface area contributed by atoms with E-state index < -0.39 is 18.6 Å². The van der Waals surface area contributed by atoms with Crippen molar-refractivity contribution >= 4 is 23.2 Å². The Kier molecular flexibility index (Phi) is 5.50. The molecule has 164 valence electrons. The molecule has 1 saturated heterocycles. The van der Waals surface area contributed by atoms with Gasteiger partial charge in [-0.1, -0.05) is 0 Å². The highest BCUT2D eigenvalue weighted by molar-refractivity contribution is 6.04. The van der Waals surface area contributed by atoms with Crippen molar-refractivity contribution in [3.8, 4) is 11.5 Å². The summed E-state index contributed by atoms with van der Waals surface area (Å²) >= 11 is 0. The third-order valence-corrected chi connectivity index (χ3v) is 4.32. The number of oxazole rings is 1. The summed E-state index contributed by atoms with van der Waals surface area (Å²) < 4.78 is 49.4. The Morgan fingerprint density at radius 1 is 1.35 bits per heavy atom. The van der Waals surface area contributed by atoms with Crippen molar-refractivity contribution in [1.29, 1.82) is 0 Å². The molecular formula is C18H18F3N7O3. The summed E-state index contributed by atoms with van der Waals surface area (Å²) in [6.45, 7) is 0.377. The Bertz CT molecular complexity index is 1070. The first-order valence-electron chi connectivity index (χ1n) is 9.19. The molecule has 0 spiro atoms. The Labute approximate surface area is 174 Å². The number of aromatic nitrogens is 4. The second-order valence-electron chi connectivity index (χ2n) is 6.73. The fourth-order valence-corrected chi connectivity index (χ4v) is 2.93. The van der Waals surface area contributed by atoms with E-state index in [0.29, 0.717) is 37.0 Å². The fourth-order valence-electron chi connectivity index (χ4n) is 2.93. The van der Waals surface area contributed by atoms with Gasteiger partial charge in [0.1, 0.15) is 31.0 Å². The Hall–Kier alpha value is -3.61. The standard InChI is InChI=1S/C18H18F3N7O3/c1-27-7-12(15(26-27)28-4-5-30-10-28)24-16(29)13-8-31-17(25-13)11-2-3-22-14(6-11)23-9-18(19,20)21/h2-3,6-8H,4-5,9-10H2,1H3,(H,22,23)(H,24,29). The van der Waals surface area contributed by atoms with Gasteiger partial charge in [-0.25, -0.2) is 9.97 Å². The number of ether oxygens (including phenoxy) is 1. The summed E-state index contributed by atoms with van der Waals surface area (Å²) in [5.41, 5.74) is 0.865. The maximum atomic E-state index is 12.6. The zero-order valence-electron chi connectivity index (χ0n) is 16.3. The molecule has 2 N–H and O–H groups in total. The van der Waals surface area contributed by atoms with E-state index in [1.807, 2.05) is 4.90 Å². The highest BCUT2D eigenvalue weighted by atomic mass is 19.4. The average Bonchev–Trinajstić information content (AvgIpc) is 3.47. The van der Waals surface area contributed by atoms with Crippen molar-refractivity contribution in [2.24, 2.45) is 7.05 Å². The van der Waals surface area contributed by atoms with Gasteiger partial charge in [0.05, 0.1) is 12.8 Å². The number of alkyl halides is 3. The number of amides is 1. The van der Waals surface area contributed by atoms with Crippen LogP contribution in [0.4, 0.5) is 30.5 Å². The van der Waals surface area contributed by atoms with Crippen LogP contribution >= 0.6 is 0 Å². The average molecular weight is 437 g/mol. The summed E-state index contributed by atoms with van der Waals surface area (Å²) in [6, 6.07) is 2.87. The quantitative estimate of drug-likeness (QED) is 0.605. The molecule has 0 aliphatic carbocycles. The van der Waals surface area contributed by atoms with E-state index in [1.165, 1.54) is 24.6 Å². The zero-order chi connectivity index (χ0) is 22.0. The van der Waals surface area contributed by atoms with Crippen LogP contribution in [0.3, 0.4) is 0 Å². The second-order valence-corrected chi connectivity index (χ2v) is 6.73. The number of aryl methyl sites for hydroxylation is 1. The topological polar surface area (TPSA) is 110 Å². The van der Waals surface area contributed by atoms with E-state index in [2.05, 4.69) is 25.7 Å². The number of nitrogens with zero attached hydrogens (tertiary/aromatic N) is 5. The molecule has 3 aromatic rings. The Balaban J connectivity index is 1.48. The van der Waals surface area contributed by atoms with E-state index in [0.717, 1.165) is 0 Å². The number of hydrogen-bond donors (Lipinski definition) is 2. The SMILES string of the molecule is Cn1cc(NC(=O)c2coc(-c3ccnc(NCC(F)(F)F)c3)n2)c(N2CCOC2)n1. The van der Waals surface area contributed by atoms with Crippen molar-refractivity contribution in [3.63, 3.8) is 0 Å². The largest absolute Gasteiger partial charge is 0.444 e. The van der Waals surface area contributed by atoms with Crippen molar-refractivity contribution in [2.75, 3.05) is 42.0 Å². The van der Waals surface area contributed by atoms with E-state index in [9.17, 15) is 18.0 Å². The molecule has 1 aliphatic rings. The summed E-state index contributed by atoms with van der Waals surface area (Å²) in [4.78, 5) is 22.5. The Morgan fingerprint density at radius 3 is 2.94 bits per heavy atom. The predicted molar refractivity (Wildman–Crippen MR) is 104 cm³/mol. The summed E-state index contributed by atoms with van der Waals surface area (Å²) in [6.07, 6.45) is -0.229. The van der Waals surface area contributed by atoms with Crippen LogP contribution in [0.2, 0.25) is 0 Å². The lowest BCUT2D eigenvalue weighted by atomic mass is 10.2. The highest BCUT2D eigenvalue weighted by Crippen LogP contribution is 2.27. The molecule has 0 unspecified atom stereocenters. The van der Waals surface area contributed by atoms with Crippen molar-refractivity contribution in [2.45, 2.75) is 6.18 Å². The number of nitrogens with one attached hydrogen (secondary N) is 2. The van der Waals surface area contributed by atoms with E-state index >= 15 is 0 Å². The molecule has 1 amide bonds. The van der Waals surface area contributed by atoms with Crippen LogP contribution in [0.1, 0.15) is 10.5 Å². The molecule has 0 atom stereocenters. The lowest BCUT2D eigenvalue weighted by Gasteiger charge is -2.14. The number of anilines is 3. The molecule has 13 heteroatoms. The first kappa shape index (κ1) is 20.7. The van der Waals surface area contributed by atoms with Gasteiger partial charge in [-0.3, -0.25) is 9.48 Å². The molecule has 4 heterocycles. The molecule has 3 aromatic heterocycles. The van der Waals surface area contributed by atoms with Gasteiger partial charge in [0.2, 0.25) is 5.89 Å². The summed E-state index contributed by atoms with van der Waals surface area (Å²) in [5, 5.41) is 9.28. The lowest BCUT2D eigenvalue weighted by molar-refractivity contribution is -0.115. The van der Waals surface area contributed by atoms with Crippen LogP contribution in [0.25, 0.3) is 11.5 Å². The van der Waals surface area contributed by atoms with Gasteiger partial charge in [-0.2, -0.15) is 18.3 Å². The summed E-state index contributed by atoms with van der Waals surface area (Å²) in [7, 11) is 1.73. The monoisotopic (exact) mass is 437 g/mol. The number of pyridine rings is 1. The van der Waals surface area contributed by atoms with Gasteiger partial charge in [0.25, 0.3) is 5.91 Å². The summed E-state index contributed by atoms with van der Waals surface area (Å²) in [5.74, 6) is 0.134. The van der Waals surface area contributed by atoms with Gasteiger partial charge in [0, 0.05) is 25.4 Å². The number of carbonyl (C=O) groups is 1. The zero-order valence-corrected chi connectivity index (χ0v) is 16.3. The Morgan fingerprint density at radius 2 is 2.19 bits per heavy atom. The van der Waals surface area contributed by atoms with Crippen LogP contribution in [0.5, 0.6) is 0 Å². The van der Waals surface area contributed by atoms with Gasteiger partial charge >= 0.3 is 6.18 Å². The molecule has 1 aliphatic heterocycles. The number of rotatable bonds is 6. The molecule has 0 bridgehead atoms. The van der Waals surface area contributed by atoms with Gasteiger partial charge in [-0.15, -0.1) is 0 Å². The second kappa shape index (κ2) is 8.26. The van der Waals surface area contributed by atoms with E-state index in [-0.39, 0.29) is 17.4 Å². The van der Waals surface area contributed by atoms with Gasteiger partial charge in [-0.05, 0) is 12.1 Å². The maximum absolute atomic E-state index is 12.6. The number of halogens is 3. The predicted octanol–water partition coefficient (Wildman–Crippen LogP) is 2.49. The lowest BCUT2D eigenvalue weighted by Crippen LogP contribution is -2.22. The van der Waals surface area contributed by atoms with E-state index in [4.69, 9.17) is 9.15 Å². The minimum atomic E-state index is -4.38. The normalized spacial score (nSPS) is 14.1. The third-order valence-electron chi connectivity index (χ3n) is 4.32. The van der Waals surface area contributed by atoms with Crippen molar-refractivity contribution in [3.05, 3.63) is 36.5 Å². The molecule has 10 nitrogen and oxygen atoms in total. The molecule has 0 aromatic carbocycles. The first-order chi connectivity index (χ1) is 14.8. The molecule has 1 fully saturated rings. The molecule has 4 rings (SSSR count).